The van der Waals surface area contributed by atoms with Crippen molar-refractivity contribution in [2.75, 3.05) is 38.5 Å². The van der Waals surface area contributed by atoms with Crippen LogP contribution in [0.4, 0.5) is 11.8 Å². The fraction of sp³-hybridized carbons (Fsp3) is 0.300. The summed E-state index contributed by atoms with van der Waals surface area (Å²) in [7, 11) is 3.14. The predicted octanol–water partition coefficient (Wildman–Crippen LogP) is 3.66. The lowest BCUT2D eigenvalue weighted by Gasteiger charge is -2.13. The standard InChI is InChI=1S/C20H21ClN4O4/c1-26-15-8-12-14(9-16(15)27-2)24-20(25-19(12)22)23-10-11-6-13(21)18-17(7-11)28-4-3-5-29-18/h6-9H,3-5,10H2,1-2H3,(H3,22,23,24,25). The molecule has 0 spiro atoms. The van der Waals surface area contributed by atoms with Crippen LogP contribution in [0.5, 0.6) is 23.0 Å². The van der Waals surface area contributed by atoms with Crippen molar-refractivity contribution in [1.29, 1.82) is 0 Å². The minimum Gasteiger partial charge on any atom is -0.493 e. The van der Waals surface area contributed by atoms with E-state index in [1.54, 1.807) is 26.4 Å². The number of nitrogens with zero attached hydrogens (tertiary/aromatic N) is 2. The Balaban J connectivity index is 1.60. The van der Waals surface area contributed by atoms with Gasteiger partial charge in [0.15, 0.2) is 23.0 Å². The second kappa shape index (κ2) is 8.08. The zero-order chi connectivity index (χ0) is 20.4. The van der Waals surface area contributed by atoms with Crippen LogP contribution in [0, 0.1) is 0 Å². The van der Waals surface area contributed by atoms with Crippen molar-refractivity contribution in [3.05, 3.63) is 34.9 Å². The van der Waals surface area contributed by atoms with Gasteiger partial charge in [-0.2, -0.15) is 4.98 Å². The molecule has 9 heteroatoms. The van der Waals surface area contributed by atoms with Crippen molar-refractivity contribution in [2.45, 2.75) is 13.0 Å². The van der Waals surface area contributed by atoms with Crippen molar-refractivity contribution in [3.63, 3.8) is 0 Å². The van der Waals surface area contributed by atoms with Gasteiger partial charge in [-0.3, -0.25) is 0 Å². The molecule has 0 fully saturated rings. The fourth-order valence-corrected chi connectivity index (χ4v) is 3.41. The average molecular weight is 417 g/mol. The van der Waals surface area contributed by atoms with E-state index in [4.69, 9.17) is 36.3 Å². The molecule has 0 saturated heterocycles. The van der Waals surface area contributed by atoms with Gasteiger partial charge in [-0.25, -0.2) is 4.98 Å². The Kier molecular flexibility index (Phi) is 5.35. The van der Waals surface area contributed by atoms with E-state index < -0.39 is 0 Å². The summed E-state index contributed by atoms with van der Waals surface area (Å²) < 4.78 is 22.0. The number of nitrogens with one attached hydrogen (secondary N) is 1. The maximum Gasteiger partial charge on any atom is 0.225 e. The van der Waals surface area contributed by atoms with Crippen LogP contribution in [0.2, 0.25) is 5.02 Å². The van der Waals surface area contributed by atoms with Crippen LogP contribution in [0.3, 0.4) is 0 Å². The largest absolute Gasteiger partial charge is 0.493 e. The third-order valence-corrected chi connectivity index (χ3v) is 4.82. The van der Waals surface area contributed by atoms with Gasteiger partial charge in [0, 0.05) is 24.4 Å². The molecule has 29 heavy (non-hydrogen) atoms. The number of rotatable bonds is 5. The molecule has 3 N–H and O–H groups in total. The van der Waals surface area contributed by atoms with Gasteiger partial charge in [0.2, 0.25) is 5.95 Å². The van der Waals surface area contributed by atoms with E-state index in [0.29, 0.717) is 70.4 Å². The molecule has 0 radical (unpaired) electrons. The summed E-state index contributed by atoms with van der Waals surface area (Å²) in [6.07, 6.45) is 0.817. The Bertz CT molecular complexity index is 1060. The van der Waals surface area contributed by atoms with Crippen molar-refractivity contribution in [1.82, 2.24) is 9.97 Å². The van der Waals surface area contributed by atoms with Crippen LogP contribution >= 0.6 is 11.6 Å². The molecule has 3 aromatic rings. The number of nitrogens with two attached hydrogens (primary N) is 1. The molecule has 0 saturated carbocycles. The van der Waals surface area contributed by atoms with Crippen LogP contribution in [-0.2, 0) is 6.54 Å². The number of anilines is 2. The number of methoxy groups -OCH3 is 2. The molecule has 0 aliphatic carbocycles. The normalized spacial score (nSPS) is 13.1. The zero-order valence-electron chi connectivity index (χ0n) is 16.1. The minimum atomic E-state index is 0.343. The van der Waals surface area contributed by atoms with Crippen molar-refractivity contribution >= 4 is 34.3 Å². The Morgan fingerprint density at radius 2 is 1.83 bits per heavy atom. The minimum absolute atomic E-state index is 0.343. The first-order valence-electron chi connectivity index (χ1n) is 9.10. The summed E-state index contributed by atoms with van der Waals surface area (Å²) in [6, 6.07) is 7.26. The van der Waals surface area contributed by atoms with Crippen molar-refractivity contribution in [2.24, 2.45) is 0 Å². The first kappa shape index (κ1) is 19.2. The number of aromatic nitrogens is 2. The van der Waals surface area contributed by atoms with Crippen molar-refractivity contribution in [3.8, 4) is 23.0 Å². The smallest absolute Gasteiger partial charge is 0.225 e. The number of ether oxygens (including phenoxy) is 4. The van der Waals surface area contributed by atoms with Crippen LogP contribution in [0.25, 0.3) is 10.9 Å². The molecule has 1 aromatic heterocycles. The number of hydrogen-bond acceptors (Lipinski definition) is 8. The van der Waals surface area contributed by atoms with Gasteiger partial charge < -0.3 is 30.0 Å². The summed E-state index contributed by atoms with van der Waals surface area (Å²) >= 11 is 6.36. The topological polar surface area (TPSA) is 101 Å². The molecule has 2 heterocycles. The van der Waals surface area contributed by atoms with Gasteiger partial charge in [0.05, 0.1) is 38.0 Å². The number of benzene rings is 2. The fourth-order valence-electron chi connectivity index (χ4n) is 3.13. The second-order valence-electron chi connectivity index (χ2n) is 6.47. The summed E-state index contributed by atoms with van der Waals surface area (Å²) in [4.78, 5) is 8.88. The second-order valence-corrected chi connectivity index (χ2v) is 6.87. The van der Waals surface area contributed by atoms with E-state index in [9.17, 15) is 0 Å². The van der Waals surface area contributed by atoms with E-state index in [2.05, 4.69) is 15.3 Å². The number of hydrogen-bond donors (Lipinski definition) is 2. The van der Waals surface area contributed by atoms with E-state index in [1.807, 2.05) is 12.1 Å². The molecule has 0 unspecified atom stereocenters. The number of halogens is 1. The summed E-state index contributed by atoms with van der Waals surface area (Å²) in [5, 5.41) is 4.38. The molecule has 0 amide bonds. The van der Waals surface area contributed by atoms with Crippen LogP contribution in [-0.4, -0.2) is 37.4 Å². The molecule has 8 nitrogen and oxygen atoms in total. The summed E-state index contributed by atoms with van der Waals surface area (Å²) in [5.41, 5.74) is 7.69. The maximum atomic E-state index is 6.36. The monoisotopic (exact) mass is 416 g/mol. The maximum absolute atomic E-state index is 6.36. The third kappa shape index (κ3) is 3.88. The predicted molar refractivity (Wildman–Crippen MR) is 111 cm³/mol. The molecular weight excluding hydrogens is 396 g/mol. The first-order valence-corrected chi connectivity index (χ1v) is 9.48. The SMILES string of the molecule is COc1cc2nc(NCc3cc(Cl)c4c(c3)OCCCO4)nc(N)c2cc1OC. The van der Waals surface area contributed by atoms with E-state index in [1.165, 1.54) is 0 Å². The molecule has 0 bridgehead atoms. The Hall–Kier alpha value is -3.13. The van der Waals surface area contributed by atoms with Gasteiger partial charge in [-0.05, 0) is 23.8 Å². The lowest BCUT2D eigenvalue weighted by molar-refractivity contribution is 0.297. The highest BCUT2D eigenvalue weighted by Crippen LogP contribution is 2.38. The summed E-state index contributed by atoms with van der Waals surface area (Å²) in [5.74, 6) is 3.10. The van der Waals surface area contributed by atoms with E-state index >= 15 is 0 Å². The van der Waals surface area contributed by atoms with Crippen molar-refractivity contribution < 1.29 is 18.9 Å². The van der Waals surface area contributed by atoms with Gasteiger partial charge in [-0.15, -0.1) is 0 Å². The molecule has 1 aliphatic rings. The third-order valence-electron chi connectivity index (χ3n) is 4.54. The Morgan fingerprint density at radius 1 is 1.07 bits per heavy atom. The highest BCUT2D eigenvalue weighted by Gasteiger charge is 2.16. The number of nitrogen functional groups attached to an aromatic ring is 1. The molecule has 1 aliphatic heterocycles. The molecule has 0 atom stereocenters. The molecule has 4 rings (SSSR count). The van der Waals surface area contributed by atoms with Gasteiger partial charge in [0.1, 0.15) is 5.82 Å². The van der Waals surface area contributed by atoms with Crippen LogP contribution in [0.1, 0.15) is 12.0 Å². The first-order chi connectivity index (χ1) is 14.1. The molecular formula is C20H21ClN4O4. The number of fused-ring (bicyclic) bond motifs is 2. The van der Waals surface area contributed by atoms with E-state index in [-0.39, 0.29) is 0 Å². The molecule has 152 valence electrons. The zero-order valence-corrected chi connectivity index (χ0v) is 16.9. The molecule has 2 aromatic carbocycles. The van der Waals surface area contributed by atoms with Crippen LogP contribution < -0.4 is 30.0 Å². The van der Waals surface area contributed by atoms with Crippen LogP contribution in [0.15, 0.2) is 24.3 Å². The quantitative estimate of drug-likeness (QED) is 0.649. The Morgan fingerprint density at radius 3 is 2.62 bits per heavy atom. The lowest BCUT2D eigenvalue weighted by Crippen LogP contribution is -2.07. The lowest BCUT2D eigenvalue weighted by atomic mass is 10.2. The highest BCUT2D eigenvalue weighted by molar-refractivity contribution is 6.32. The van der Waals surface area contributed by atoms with E-state index in [0.717, 1.165) is 12.0 Å². The van der Waals surface area contributed by atoms with Gasteiger partial charge >= 0.3 is 0 Å². The Labute approximate surface area is 172 Å². The van der Waals surface area contributed by atoms with Gasteiger partial charge in [0.25, 0.3) is 0 Å². The highest BCUT2D eigenvalue weighted by atomic mass is 35.5. The van der Waals surface area contributed by atoms with Gasteiger partial charge in [-0.1, -0.05) is 11.6 Å². The average Bonchev–Trinajstić information content (AvgIpc) is 2.97. The summed E-state index contributed by atoms with van der Waals surface area (Å²) in [6.45, 7) is 1.62.